The monoisotopic (exact) mass is 1710 g/mol. The highest BCUT2D eigenvalue weighted by molar-refractivity contribution is 9.11. The summed E-state index contributed by atoms with van der Waals surface area (Å²) in [5, 5.41) is 12.9. The van der Waals surface area contributed by atoms with Crippen molar-refractivity contribution in [2.75, 3.05) is 46.6 Å². The van der Waals surface area contributed by atoms with E-state index in [0.29, 0.717) is 54.7 Å². The fourth-order valence-electron chi connectivity index (χ4n) is 13.6. The van der Waals surface area contributed by atoms with Gasteiger partial charge < -0.3 is 39.3 Å². The molecule has 0 aliphatic heterocycles. The number of carbonyl (C=O) groups excluding carboxylic acids is 8. The number of aliphatic hydroxyl groups is 1. The van der Waals surface area contributed by atoms with E-state index in [4.69, 9.17) is 29.4 Å². The third-order valence-electron chi connectivity index (χ3n) is 19.0. The van der Waals surface area contributed by atoms with E-state index in [1.54, 1.807) is 12.1 Å². The molecule has 4 N–H and O–H groups in total. The second-order valence-electron chi connectivity index (χ2n) is 27.0. The number of esters is 5. The Balaban J connectivity index is 0.000000159. The highest BCUT2D eigenvalue weighted by Gasteiger charge is 2.36. The fraction of sp³-hybridized carbons (Fsp3) is 0.326. The predicted octanol–water partition coefficient (Wildman–Crippen LogP) is 18.8. The Labute approximate surface area is 659 Å². The molecule has 0 saturated heterocycles. The number of nitrogen functional groups attached to an aromatic ring is 1. The lowest BCUT2D eigenvalue weighted by atomic mass is 9.81. The maximum absolute atomic E-state index is 12.0. The summed E-state index contributed by atoms with van der Waals surface area (Å²) >= 11 is 14.0. The molecule has 107 heavy (non-hydrogen) atoms. The van der Waals surface area contributed by atoms with Gasteiger partial charge in [-0.2, -0.15) is 0 Å². The Kier molecular flexibility index (Phi) is 31.2. The van der Waals surface area contributed by atoms with E-state index >= 15 is 0 Å². The number of nitrogens with one attached hydrogen (secondary N) is 1. The lowest BCUT2D eigenvalue weighted by Crippen LogP contribution is -2.30. The zero-order valence-corrected chi connectivity index (χ0v) is 67.8. The van der Waals surface area contributed by atoms with Gasteiger partial charge in [0.1, 0.15) is 11.5 Å². The molecule has 17 nitrogen and oxygen atoms in total. The van der Waals surface area contributed by atoms with Gasteiger partial charge in [-0.25, -0.2) is 19.2 Å². The van der Waals surface area contributed by atoms with Gasteiger partial charge in [-0.3, -0.25) is 24.5 Å². The van der Waals surface area contributed by atoms with Gasteiger partial charge in [0.25, 0.3) is 0 Å². The van der Waals surface area contributed by atoms with Crippen LogP contribution in [0.25, 0.3) is 23.8 Å². The first kappa shape index (κ1) is 83.8. The summed E-state index contributed by atoms with van der Waals surface area (Å²) < 4.78 is 33.0. The Hall–Kier alpha value is -8.86. The minimum Gasteiger partial charge on any atom is -0.469 e. The number of hydrogen-bond donors (Lipinski definition) is 3. The van der Waals surface area contributed by atoms with Gasteiger partial charge in [0, 0.05) is 63.5 Å². The molecule has 14 rings (SSSR count). The lowest BCUT2D eigenvalue weighted by Gasteiger charge is -2.28. The smallest absolute Gasteiger partial charge is 0.412 e. The number of aliphatic hydroxyl groups excluding tert-OH is 1. The van der Waals surface area contributed by atoms with Crippen LogP contribution in [0.5, 0.6) is 0 Å². The maximum atomic E-state index is 12.0. The van der Waals surface area contributed by atoms with Gasteiger partial charge in [-0.15, -0.1) is 0 Å². The van der Waals surface area contributed by atoms with Crippen molar-refractivity contribution >= 4 is 146 Å². The van der Waals surface area contributed by atoms with E-state index in [2.05, 4.69) is 98.6 Å². The van der Waals surface area contributed by atoms with Crippen molar-refractivity contribution in [1.82, 2.24) is 0 Å². The first-order valence-corrected chi connectivity index (χ1v) is 38.5. The number of allylic oxidation sites excluding steroid dienone is 1. The molecule has 0 spiro atoms. The number of carbonyl (C=O) groups is 8. The van der Waals surface area contributed by atoms with Gasteiger partial charge in [0.05, 0.1) is 47.6 Å². The second kappa shape index (κ2) is 39.8. The van der Waals surface area contributed by atoms with Crippen LogP contribution < -0.4 is 11.1 Å². The molecule has 0 radical (unpaired) electrons. The van der Waals surface area contributed by atoms with Gasteiger partial charge >= 0.3 is 35.9 Å². The third kappa shape index (κ3) is 22.4. The Morgan fingerprint density at radius 2 is 0.935 bits per heavy atom. The minimum atomic E-state index is -0.756. The van der Waals surface area contributed by atoms with Crippen LogP contribution in [0.2, 0.25) is 0 Å². The van der Waals surface area contributed by atoms with Crippen LogP contribution in [0.15, 0.2) is 175 Å². The Morgan fingerprint density at radius 3 is 1.50 bits per heavy atom. The number of anilines is 2. The topological polar surface area (TPSA) is 250 Å². The average molecular weight is 1710 g/mol. The largest absolute Gasteiger partial charge is 0.469 e. The standard InChI is InChI=1S/C17H21NO4.C12H13BrO3.C12H11BrO3.C12H11BrO2.C12H13NO2.C11H11Br.C10H10O/c1-17(2,3)22-16(20)18-14-7-5-6-11-10-12(15(19)21-4)8-9-13(11)14;2*1-16-12(15)9-6-5-7-8(11(9)14)3-2-4-10(7)13;2*1-15-12(14)9-5-6-10-8(7-9)3-2-4-11(10)13;1-8-4-2-6-10-9(8)5-3-7-11(10)12;11-10-7-3-5-8-4-1-2-6-9(8)10/h5-7,10H,8-9H2,1-4H3,(H,18,20);2-4,9,11,14H,5-6H2,1H3;2-4,9H,5-6H2,1H3;2-4,7H,5-6H2,1H3;2-4,7H,5-6,13H2,1H3;3,5,7H,1-2,4,6H2;1-2,4,6H,3,5,7H2. The quantitative estimate of drug-likeness (QED) is 0.0606. The van der Waals surface area contributed by atoms with Gasteiger partial charge in [-0.05, 0) is 244 Å². The molecule has 562 valence electrons. The molecular formula is C86H90Br4N2O15. The molecule has 0 aromatic heterocycles. The molecule has 0 saturated carbocycles. The number of hydrogen-bond acceptors (Lipinski definition) is 16. The Morgan fingerprint density at radius 1 is 0.467 bits per heavy atom. The van der Waals surface area contributed by atoms with E-state index in [-0.39, 0.29) is 29.7 Å². The molecule has 21 heteroatoms. The van der Waals surface area contributed by atoms with Crippen LogP contribution >= 0.6 is 63.7 Å². The zero-order chi connectivity index (χ0) is 77.6. The number of benzene rings is 7. The van der Waals surface area contributed by atoms with Gasteiger partial charge in [-0.1, -0.05) is 167 Å². The van der Waals surface area contributed by atoms with Crippen LogP contribution in [0.4, 0.5) is 16.2 Å². The fourth-order valence-corrected chi connectivity index (χ4v) is 15.8. The van der Waals surface area contributed by atoms with Crippen molar-refractivity contribution in [1.29, 1.82) is 0 Å². The van der Waals surface area contributed by atoms with Crippen LogP contribution in [0.1, 0.15) is 172 Å². The zero-order valence-electron chi connectivity index (χ0n) is 61.4. The number of methoxy groups -OCH3 is 5. The van der Waals surface area contributed by atoms with Crippen molar-refractivity contribution in [2.45, 2.75) is 135 Å². The summed E-state index contributed by atoms with van der Waals surface area (Å²) in [5.74, 6) is -2.44. The first-order valence-electron chi connectivity index (χ1n) is 35.3. The van der Waals surface area contributed by atoms with Crippen molar-refractivity contribution in [3.8, 4) is 0 Å². The molecule has 0 heterocycles. The van der Waals surface area contributed by atoms with Crippen molar-refractivity contribution < 1.29 is 71.9 Å². The number of fused-ring (bicyclic) bond motifs is 7. The first-order chi connectivity index (χ1) is 51.2. The van der Waals surface area contributed by atoms with Crippen LogP contribution in [0, 0.1) is 11.8 Å². The van der Waals surface area contributed by atoms with E-state index in [9.17, 15) is 43.5 Å². The maximum Gasteiger partial charge on any atom is 0.412 e. The summed E-state index contributed by atoms with van der Waals surface area (Å²) in [4.78, 5) is 92.5. The van der Waals surface area contributed by atoms with Crippen LogP contribution in [-0.4, -0.2) is 93.8 Å². The van der Waals surface area contributed by atoms with Crippen molar-refractivity contribution in [3.05, 3.63) is 253 Å². The summed E-state index contributed by atoms with van der Waals surface area (Å²) in [7, 11) is 6.86. The van der Waals surface area contributed by atoms with Gasteiger partial charge in [0.15, 0.2) is 11.6 Å². The van der Waals surface area contributed by atoms with Crippen molar-refractivity contribution in [2.24, 2.45) is 11.8 Å². The van der Waals surface area contributed by atoms with Gasteiger partial charge in [0.2, 0.25) is 0 Å². The summed E-state index contributed by atoms with van der Waals surface area (Å²) in [5.41, 5.74) is 25.2. The van der Waals surface area contributed by atoms with Crippen LogP contribution in [0.3, 0.4) is 0 Å². The number of aryl methyl sites for hydroxylation is 1. The average Bonchev–Trinajstić information content (AvgIpc) is 0.781. The molecule has 3 unspecified atom stereocenters. The Bertz CT molecular complexity index is 4500. The molecular weight excluding hydrogens is 1620 g/mol. The summed E-state index contributed by atoms with van der Waals surface area (Å²) in [6, 6.07) is 42.8. The molecule has 0 fully saturated rings. The lowest BCUT2D eigenvalue weighted by molar-refractivity contribution is -0.150. The molecule has 7 aliphatic carbocycles. The predicted molar refractivity (Wildman–Crippen MR) is 431 cm³/mol. The molecule has 7 aliphatic rings. The molecule has 7 aromatic rings. The second-order valence-corrected chi connectivity index (χ2v) is 30.4. The highest BCUT2D eigenvalue weighted by atomic mass is 79.9. The molecule has 0 bridgehead atoms. The summed E-state index contributed by atoms with van der Waals surface area (Å²) in [6.07, 6.45) is 17.8. The van der Waals surface area contributed by atoms with Crippen molar-refractivity contribution in [3.63, 3.8) is 0 Å². The number of halogens is 4. The number of ether oxygens (including phenoxy) is 6. The van der Waals surface area contributed by atoms with E-state index in [1.165, 1.54) is 80.7 Å². The third-order valence-corrected chi connectivity index (χ3v) is 22.0. The SMILES string of the molecule is C=C1CCCc2c(Br)cccc21.COC(=O)C1=Cc2cccc(Br)c2CC1.COC(=O)C1=Cc2cccc(N)c2CC1.COC(=O)C1=Cc2cccc(NC(=O)OC(C)(C)C)c2CC1.COC(=O)C1CCc2c(Br)cccc2C1=O.COC(=O)C1CCc2c(Br)cccc2C1O.O=C1CCCc2ccccc21. The number of amides is 1. The van der Waals surface area contributed by atoms with Crippen LogP contribution in [-0.2, 0) is 97.3 Å². The molecule has 1 amide bonds. The normalized spacial score (nSPS) is 16.6. The van der Waals surface area contributed by atoms with E-state index in [0.717, 1.165) is 138 Å². The highest BCUT2D eigenvalue weighted by Crippen LogP contribution is 2.40. The number of Topliss-reactive ketones (excluding diaryl/α,β-unsaturated/α-hetero) is 2. The van der Waals surface area contributed by atoms with E-state index in [1.807, 2.05) is 142 Å². The number of nitrogens with two attached hydrogens (primary N) is 1. The number of ketones is 2. The minimum absolute atomic E-state index is 0.130. The molecule has 3 atom stereocenters. The molecule has 7 aromatic carbocycles. The summed E-state index contributed by atoms with van der Waals surface area (Å²) in [6.45, 7) is 9.53. The van der Waals surface area contributed by atoms with E-state index < -0.39 is 35.6 Å². The number of rotatable bonds is 6.